The van der Waals surface area contributed by atoms with Gasteiger partial charge in [-0.2, -0.15) is 0 Å². The standard InChI is InChI=1S/C17H20N4O2/c1-21-9-3-4-14(17(21)22)20-16-10-15(18-11-19-16)12-5-7-13(23-2)8-6-12/h5-8,10-11,14H,3-4,9H2,1-2H3,(H,18,19,20). The molecule has 1 aliphatic rings. The Hall–Kier alpha value is -2.63. The maximum absolute atomic E-state index is 12.2. The number of piperidine rings is 1. The second-order valence-electron chi connectivity index (χ2n) is 5.62. The van der Waals surface area contributed by atoms with Crippen molar-refractivity contribution in [3.63, 3.8) is 0 Å². The SMILES string of the molecule is COc1ccc(-c2cc(NC3CCCN(C)C3=O)ncn2)cc1. The molecule has 0 aliphatic carbocycles. The van der Waals surface area contributed by atoms with E-state index in [1.165, 1.54) is 6.33 Å². The molecule has 6 heteroatoms. The van der Waals surface area contributed by atoms with E-state index >= 15 is 0 Å². The summed E-state index contributed by atoms with van der Waals surface area (Å²) in [6.45, 7) is 0.817. The number of rotatable bonds is 4. The zero-order valence-electron chi connectivity index (χ0n) is 13.3. The van der Waals surface area contributed by atoms with Crippen LogP contribution in [0.4, 0.5) is 5.82 Å². The second kappa shape index (κ2) is 6.64. The van der Waals surface area contributed by atoms with Gasteiger partial charge in [-0.1, -0.05) is 0 Å². The number of benzene rings is 1. The predicted octanol–water partition coefficient (Wildman–Crippen LogP) is 2.18. The maximum atomic E-state index is 12.2. The molecule has 1 aromatic heterocycles. The normalized spacial score (nSPS) is 17.9. The molecule has 1 saturated heterocycles. The van der Waals surface area contributed by atoms with Gasteiger partial charge in [-0.15, -0.1) is 0 Å². The van der Waals surface area contributed by atoms with E-state index in [1.54, 1.807) is 12.0 Å². The van der Waals surface area contributed by atoms with Crippen LogP contribution in [0.5, 0.6) is 5.75 Å². The van der Waals surface area contributed by atoms with Crippen LogP contribution in [0.3, 0.4) is 0 Å². The van der Waals surface area contributed by atoms with Crippen molar-refractivity contribution in [1.29, 1.82) is 0 Å². The van der Waals surface area contributed by atoms with Gasteiger partial charge in [0, 0.05) is 25.2 Å². The van der Waals surface area contributed by atoms with Gasteiger partial charge in [-0.25, -0.2) is 9.97 Å². The number of anilines is 1. The first-order valence-electron chi connectivity index (χ1n) is 7.65. The molecule has 1 fully saturated rings. The third kappa shape index (κ3) is 3.41. The van der Waals surface area contributed by atoms with Crippen molar-refractivity contribution < 1.29 is 9.53 Å². The lowest BCUT2D eigenvalue weighted by molar-refractivity contribution is -0.132. The van der Waals surface area contributed by atoms with E-state index < -0.39 is 0 Å². The number of carbonyl (C=O) groups excluding carboxylic acids is 1. The number of likely N-dealkylation sites (N-methyl/N-ethyl adjacent to an activating group) is 1. The first-order valence-corrected chi connectivity index (χ1v) is 7.65. The molecule has 1 aromatic carbocycles. The fraction of sp³-hybridized carbons (Fsp3) is 0.353. The molecule has 120 valence electrons. The molecular formula is C17H20N4O2. The van der Waals surface area contributed by atoms with Crippen LogP contribution in [0, 0.1) is 0 Å². The number of hydrogen-bond acceptors (Lipinski definition) is 5. The molecule has 23 heavy (non-hydrogen) atoms. The van der Waals surface area contributed by atoms with Crippen molar-refractivity contribution in [2.45, 2.75) is 18.9 Å². The Morgan fingerprint density at radius 2 is 2.04 bits per heavy atom. The van der Waals surface area contributed by atoms with Crippen LogP contribution in [-0.2, 0) is 4.79 Å². The van der Waals surface area contributed by atoms with Gasteiger partial charge in [0.2, 0.25) is 5.91 Å². The molecule has 1 amide bonds. The number of aromatic nitrogens is 2. The smallest absolute Gasteiger partial charge is 0.244 e. The number of carbonyl (C=O) groups is 1. The van der Waals surface area contributed by atoms with E-state index in [4.69, 9.17) is 4.74 Å². The highest BCUT2D eigenvalue weighted by atomic mass is 16.5. The summed E-state index contributed by atoms with van der Waals surface area (Å²) in [6.07, 6.45) is 3.33. The number of nitrogens with one attached hydrogen (secondary N) is 1. The summed E-state index contributed by atoms with van der Waals surface area (Å²) in [6, 6.07) is 9.33. The molecule has 1 atom stereocenters. The lowest BCUT2D eigenvalue weighted by atomic mass is 10.1. The summed E-state index contributed by atoms with van der Waals surface area (Å²) >= 11 is 0. The highest BCUT2D eigenvalue weighted by Gasteiger charge is 2.26. The molecule has 0 bridgehead atoms. The quantitative estimate of drug-likeness (QED) is 0.937. The van der Waals surface area contributed by atoms with Gasteiger partial charge in [0.15, 0.2) is 0 Å². The maximum Gasteiger partial charge on any atom is 0.244 e. The number of methoxy groups -OCH3 is 1. The van der Waals surface area contributed by atoms with Gasteiger partial charge in [0.05, 0.1) is 12.8 Å². The van der Waals surface area contributed by atoms with Crippen molar-refractivity contribution in [1.82, 2.24) is 14.9 Å². The van der Waals surface area contributed by atoms with E-state index in [-0.39, 0.29) is 11.9 Å². The molecule has 2 heterocycles. The van der Waals surface area contributed by atoms with Gasteiger partial charge in [-0.3, -0.25) is 4.79 Å². The number of nitrogens with zero attached hydrogens (tertiary/aromatic N) is 3. The topological polar surface area (TPSA) is 67.3 Å². The Morgan fingerprint density at radius 1 is 1.26 bits per heavy atom. The van der Waals surface area contributed by atoms with Crippen molar-refractivity contribution in [3.05, 3.63) is 36.7 Å². The molecule has 0 radical (unpaired) electrons. The van der Waals surface area contributed by atoms with Crippen molar-refractivity contribution in [3.8, 4) is 17.0 Å². The highest BCUT2D eigenvalue weighted by Crippen LogP contribution is 2.23. The largest absolute Gasteiger partial charge is 0.497 e. The van der Waals surface area contributed by atoms with E-state index in [0.717, 1.165) is 36.4 Å². The Kier molecular flexibility index (Phi) is 4.41. The van der Waals surface area contributed by atoms with Gasteiger partial charge < -0.3 is 15.0 Å². The summed E-state index contributed by atoms with van der Waals surface area (Å²) < 4.78 is 5.16. The molecule has 0 saturated carbocycles. The minimum Gasteiger partial charge on any atom is -0.497 e. The van der Waals surface area contributed by atoms with E-state index in [2.05, 4.69) is 15.3 Å². The van der Waals surface area contributed by atoms with Crippen LogP contribution < -0.4 is 10.1 Å². The second-order valence-corrected chi connectivity index (χ2v) is 5.62. The first-order chi connectivity index (χ1) is 11.2. The third-order valence-corrected chi connectivity index (χ3v) is 4.04. The van der Waals surface area contributed by atoms with Gasteiger partial charge >= 0.3 is 0 Å². The highest BCUT2D eigenvalue weighted by molar-refractivity contribution is 5.85. The Labute approximate surface area is 135 Å². The predicted molar refractivity (Wildman–Crippen MR) is 88.3 cm³/mol. The van der Waals surface area contributed by atoms with Crippen LogP contribution in [0.15, 0.2) is 36.7 Å². The van der Waals surface area contributed by atoms with E-state index in [0.29, 0.717) is 5.82 Å². The molecule has 1 N–H and O–H groups in total. The third-order valence-electron chi connectivity index (χ3n) is 4.04. The fourth-order valence-electron chi connectivity index (χ4n) is 2.70. The Bertz CT molecular complexity index is 687. The van der Waals surface area contributed by atoms with Gasteiger partial charge in [0.1, 0.15) is 23.9 Å². The van der Waals surface area contributed by atoms with Crippen LogP contribution >= 0.6 is 0 Å². The summed E-state index contributed by atoms with van der Waals surface area (Å²) in [5, 5.41) is 3.23. The molecule has 2 aromatic rings. The van der Waals surface area contributed by atoms with Gasteiger partial charge in [0.25, 0.3) is 0 Å². The minimum atomic E-state index is -0.215. The van der Waals surface area contributed by atoms with Crippen LogP contribution in [0.2, 0.25) is 0 Å². The number of amides is 1. The van der Waals surface area contributed by atoms with Crippen molar-refractivity contribution in [2.24, 2.45) is 0 Å². The summed E-state index contributed by atoms with van der Waals surface area (Å²) in [7, 11) is 3.47. The Balaban J connectivity index is 1.78. The lowest BCUT2D eigenvalue weighted by Crippen LogP contribution is -2.45. The van der Waals surface area contributed by atoms with Gasteiger partial charge in [-0.05, 0) is 37.1 Å². The Morgan fingerprint density at radius 3 is 2.78 bits per heavy atom. The van der Waals surface area contributed by atoms with E-state index in [1.807, 2.05) is 37.4 Å². The zero-order chi connectivity index (χ0) is 16.2. The van der Waals surface area contributed by atoms with Crippen molar-refractivity contribution >= 4 is 11.7 Å². The monoisotopic (exact) mass is 312 g/mol. The molecule has 1 unspecified atom stereocenters. The molecule has 1 aliphatic heterocycles. The zero-order valence-corrected chi connectivity index (χ0v) is 13.3. The van der Waals surface area contributed by atoms with Crippen LogP contribution in [0.25, 0.3) is 11.3 Å². The lowest BCUT2D eigenvalue weighted by Gasteiger charge is -2.29. The average Bonchev–Trinajstić information content (AvgIpc) is 2.59. The summed E-state index contributed by atoms with van der Waals surface area (Å²) in [4.78, 5) is 22.5. The summed E-state index contributed by atoms with van der Waals surface area (Å²) in [5.74, 6) is 1.58. The van der Waals surface area contributed by atoms with E-state index in [9.17, 15) is 4.79 Å². The number of hydrogen-bond donors (Lipinski definition) is 1. The fourth-order valence-corrected chi connectivity index (χ4v) is 2.70. The van der Waals surface area contributed by atoms with Crippen LogP contribution in [0.1, 0.15) is 12.8 Å². The van der Waals surface area contributed by atoms with Crippen molar-refractivity contribution in [2.75, 3.05) is 26.0 Å². The average molecular weight is 312 g/mol. The molecule has 6 nitrogen and oxygen atoms in total. The minimum absolute atomic E-state index is 0.112. The van der Waals surface area contributed by atoms with Crippen LogP contribution in [-0.4, -0.2) is 47.5 Å². The first kappa shape index (κ1) is 15.3. The molecule has 0 spiro atoms. The molecule has 3 rings (SSSR count). The molecular weight excluding hydrogens is 292 g/mol. The number of ether oxygens (including phenoxy) is 1. The number of likely N-dealkylation sites (tertiary alicyclic amines) is 1. The summed E-state index contributed by atoms with van der Waals surface area (Å²) in [5.41, 5.74) is 1.78.